The van der Waals surface area contributed by atoms with Crippen molar-refractivity contribution in [1.82, 2.24) is 19.9 Å². The fourth-order valence-electron chi connectivity index (χ4n) is 1.86. The van der Waals surface area contributed by atoms with Gasteiger partial charge in [0.2, 0.25) is 11.2 Å². The smallest absolute Gasteiger partial charge is 0.321 e. The zero-order chi connectivity index (χ0) is 15.8. The first-order chi connectivity index (χ1) is 10.7. The van der Waals surface area contributed by atoms with Gasteiger partial charge < -0.3 is 9.47 Å². The number of ether oxygens (including phenoxy) is 2. The summed E-state index contributed by atoms with van der Waals surface area (Å²) in [5, 5.41) is 0.0816. The third-order valence-corrected chi connectivity index (χ3v) is 3.18. The molecule has 0 aromatic carbocycles. The average Bonchev–Trinajstić information content (AvgIpc) is 2.54. The molecule has 0 radical (unpaired) electrons. The summed E-state index contributed by atoms with van der Waals surface area (Å²) < 4.78 is 10.6. The van der Waals surface area contributed by atoms with Crippen LogP contribution in [0, 0.1) is 0 Å². The molecule has 118 valence electrons. The molecule has 7 heteroatoms. The van der Waals surface area contributed by atoms with E-state index in [1.54, 1.807) is 12.3 Å². The van der Waals surface area contributed by atoms with E-state index < -0.39 is 0 Å². The topological polar surface area (TPSA) is 70.0 Å². The van der Waals surface area contributed by atoms with E-state index in [0.717, 1.165) is 12.0 Å². The highest BCUT2D eigenvalue weighted by molar-refractivity contribution is 6.28. The van der Waals surface area contributed by atoms with Gasteiger partial charge in [-0.05, 0) is 24.1 Å². The molecule has 6 nitrogen and oxygen atoms in total. The summed E-state index contributed by atoms with van der Waals surface area (Å²) >= 11 is 5.83. The lowest BCUT2D eigenvalue weighted by Gasteiger charge is -2.06. The Kier molecular flexibility index (Phi) is 6.33. The standard InChI is InChI=1S/C15H19ClN4O2/c1-3-4-5-6-9-22-12-8-7-11(10-17-12)13-18-14(16)20-15(19-13)21-2/h7-8,10H,3-6,9H2,1-2H3. The molecule has 0 bridgehead atoms. The summed E-state index contributed by atoms with van der Waals surface area (Å²) in [5.74, 6) is 1.01. The highest BCUT2D eigenvalue weighted by Gasteiger charge is 2.08. The van der Waals surface area contributed by atoms with Gasteiger partial charge in [0, 0.05) is 17.8 Å². The summed E-state index contributed by atoms with van der Waals surface area (Å²) in [4.78, 5) is 16.3. The Bertz CT molecular complexity index is 593. The molecule has 0 N–H and O–H groups in total. The van der Waals surface area contributed by atoms with E-state index in [9.17, 15) is 0 Å². The maximum Gasteiger partial charge on any atom is 0.321 e. The van der Waals surface area contributed by atoms with Crippen molar-refractivity contribution in [1.29, 1.82) is 0 Å². The molecule has 2 aromatic heterocycles. The molecule has 0 aliphatic carbocycles. The van der Waals surface area contributed by atoms with Gasteiger partial charge in [0.1, 0.15) is 0 Å². The molecule has 0 unspecified atom stereocenters. The van der Waals surface area contributed by atoms with Crippen LogP contribution in [-0.4, -0.2) is 33.7 Å². The zero-order valence-corrected chi connectivity index (χ0v) is 13.5. The van der Waals surface area contributed by atoms with E-state index in [0.29, 0.717) is 18.3 Å². The lowest BCUT2D eigenvalue weighted by Crippen LogP contribution is -2.00. The van der Waals surface area contributed by atoms with E-state index in [-0.39, 0.29) is 11.3 Å². The molecule has 2 heterocycles. The third kappa shape index (κ3) is 4.80. The Morgan fingerprint density at radius 1 is 1.09 bits per heavy atom. The number of unbranched alkanes of at least 4 members (excludes halogenated alkanes) is 3. The Balaban J connectivity index is 1.98. The lowest BCUT2D eigenvalue weighted by molar-refractivity contribution is 0.294. The van der Waals surface area contributed by atoms with Crippen LogP contribution in [0.3, 0.4) is 0 Å². The molecular weight excluding hydrogens is 304 g/mol. The predicted molar refractivity (Wildman–Crippen MR) is 84.3 cm³/mol. The van der Waals surface area contributed by atoms with Gasteiger partial charge in [-0.1, -0.05) is 26.2 Å². The van der Waals surface area contributed by atoms with Crippen LogP contribution in [0.1, 0.15) is 32.6 Å². The Morgan fingerprint density at radius 2 is 1.95 bits per heavy atom. The number of hydrogen-bond acceptors (Lipinski definition) is 6. The summed E-state index contributed by atoms with van der Waals surface area (Å²) in [5.41, 5.74) is 0.723. The Morgan fingerprint density at radius 3 is 2.64 bits per heavy atom. The molecule has 22 heavy (non-hydrogen) atoms. The molecule has 0 atom stereocenters. The van der Waals surface area contributed by atoms with Crippen LogP contribution in [0.5, 0.6) is 11.9 Å². The Hall–Kier alpha value is -1.95. The largest absolute Gasteiger partial charge is 0.478 e. The van der Waals surface area contributed by atoms with Gasteiger partial charge in [-0.15, -0.1) is 0 Å². The molecule has 0 fully saturated rings. The minimum Gasteiger partial charge on any atom is -0.478 e. The molecule has 0 saturated carbocycles. The average molecular weight is 323 g/mol. The molecule has 0 amide bonds. The Labute approximate surface area is 134 Å². The normalized spacial score (nSPS) is 10.5. The van der Waals surface area contributed by atoms with Gasteiger partial charge in [-0.25, -0.2) is 4.98 Å². The van der Waals surface area contributed by atoms with Crippen LogP contribution in [-0.2, 0) is 0 Å². The van der Waals surface area contributed by atoms with E-state index in [1.807, 2.05) is 6.07 Å². The van der Waals surface area contributed by atoms with E-state index >= 15 is 0 Å². The SMILES string of the molecule is CCCCCCOc1ccc(-c2nc(Cl)nc(OC)n2)cn1. The fraction of sp³-hybridized carbons (Fsp3) is 0.467. The first-order valence-corrected chi connectivity index (χ1v) is 7.65. The van der Waals surface area contributed by atoms with Crippen molar-refractivity contribution in [2.24, 2.45) is 0 Å². The van der Waals surface area contributed by atoms with Crippen molar-refractivity contribution in [3.8, 4) is 23.3 Å². The fourth-order valence-corrected chi connectivity index (χ4v) is 2.01. The molecule has 0 saturated heterocycles. The minimum absolute atomic E-state index is 0.0816. The van der Waals surface area contributed by atoms with Crippen LogP contribution in [0.2, 0.25) is 5.28 Å². The van der Waals surface area contributed by atoms with Crippen molar-refractivity contribution < 1.29 is 9.47 Å². The molecule has 2 rings (SSSR count). The number of nitrogens with zero attached hydrogens (tertiary/aromatic N) is 4. The van der Waals surface area contributed by atoms with Crippen LogP contribution in [0.15, 0.2) is 18.3 Å². The van der Waals surface area contributed by atoms with Crippen molar-refractivity contribution in [2.45, 2.75) is 32.6 Å². The maximum atomic E-state index is 5.83. The van der Waals surface area contributed by atoms with Gasteiger partial charge in [-0.2, -0.15) is 15.0 Å². The number of hydrogen-bond donors (Lipinski definition) is 0. The van der Waals surface area contributed by atoms with Crippen molar-refractivity contribution >= 4 is 11.6 Å². The summed E-state index contributed by atoms with van der Waals surface area (Å²) in [7, 11) is 1.48. The molecule has 2 aromatic rings. The van der Waals surface area contributed by atoms with E-state index in [4.69, 9.17) is 21.1 Å². The van der Waals surface area contributed by atoms with E-state index in [2.05, 4.69) is 26.9 Å². The quantitative estimate of drug-likeness (QED) is 0.692. The van der Waals surface area contributed by atoms with Crippen molar-refractivity contribution in [2.75, 3.05) is 13.7 Å². The number of aromatic nitrogens is 4. The number of pyridine rings is 1. The molecule has 0 aliphatic heterocycles. The highest BCUT2D eigenvalue weighted by atomic mass is 35.5. The third-order valence-electron chi connectivity index (χ3n) is 3.01. The van der Waals surface area contributed by atoms with Crippen LogP contribution < -0.4 is 9.47 Å². The highest BCUT2D eigenvalue weighted by Crippen LogP contribution is 2.20. The van der Waals surface area contributed by atoms with E-state index in [1.165, 1.54) is 26.4 Å². The number of rotatable bonds is 8. The van der Waals surface area contributed by atoms with Gasteiger partial charge in [0.15, 0.2) is 5.82 Å². The second kappa shape index (κ2) is 8.48. The number of methoxy groups -OCH3 is 1. The van der Waals surface area contributed by atoms with Gasteiger partial charge in [0.05, 0.1) is 13.7 Å². The lowest BCUT2D eigenvalue weighted by atomic mass is 10.2. The van der Waals surface area contributed by atoms with Gasteiger partial charge in [0.25, 0.3) is 0 Å². The number of halogens is 1. The predicted octanol–water partition coefficient (Wildman–Crippen LogP) is 3.55. The van der Waals surface area contributed by atoms with Crippen molar-refractivity contribution in [3.05, 3.63) is 23.6 Å². The van der Waals surface area contributed by atoms with Gasteiger partial charge >= 0.3 is 6.01 Å². The summed E-state index contributed by atoms with van der Waals surface area (Å²) in [6.07, 6.45) is 6.31. The van der Waals surface area contributed by atoms with Crippen LogP contribution in [0.4, 0.5) is 0 Å². The minimum atomic E-state index is 0.0816. The second-order valence-corrected chi connectivity index (χ2v) is 5.05. The summed E-state index contributed by atoms with van der Waals surface area (Å²) in [6.45, 7) is 2.86. The monoisotopic (exact) mass is 322 g/mol. The van der Waals surface area contributed by atoms with Gasteiger partial charge in [-0.3, -0.25) is 0 Å². The zero-order valence-electron chi connectivity index (χ0n) is 12.8. The molecule has 0 aliphatic rings. The van der Waals surface area contributed by atoms with Crippen LogP contribution >= 0.6 is 11.6 Å². The maximum absolute atomic E-state index is 5.83. The molecular formula is C15H19ClN4O2. The summed E-state index contributed by atoms with van der Waals surface area (Å²) in [6, 6.07) is 3.80. The van der Waals surface area contributed by atoms with Crippen molar-refractivity contribution in [3.63, 3.8) is 0 Å². The second-order valence-electron chi connectivity index (χ2n) is 4.71. The first-order valence-electron chi connectivity index (χ1n) is 7.27. The molecule has 0 spiro atoms. The first kappa shape index (κ1) is 16.4. The van der Waals surface area contributed by atoms with Crippen LogP contribution in [0.25, 0.3) is 11.4 Å².